The summed E-state index contributed by atoms with van der Waals surface area (Å²) in [6.45, 7) is 6.66. The topological polar surface area (TPSA) is 70.8 Å². The zero-order chi connectivity index (χ0) is 16.7. The molecule has 0 spiro atoms. The highest BCUT2D eigenvalue weighted by Crippen LogP contribution is 2.33. The van der Waals surface area contributed by atoms with Crippen molar-refractivity contribution in [3.63, 3.8) is 0 Å². The number of benzene rings is 1. The van der Waals surface area contributed by atoms with E-state index in [0.29, 0.717) is 11.2 Å². The molecule has 0 radical (unpaired) electrons. The van der Waals surface area contributed by atoms with Crippen LogP contribution in [0.2, 0.25) is 0 Å². The number of nitrogens with two attached hydrogens (primary N) is 1. The van der Waals surface area contributed by atoms with Gasteiger partial charge in [0.25, 0.3) is 0 Å². The number of H-pyrrole nitrogens is 1. The zero-order valence-electron chi connectivity index (χ0n) is 14.2. The number of nitrogens with one attached hydrogen (secondary N) is 1. The Morgan fingerprint density at radius 1 is 1.17 bits per heavy atom. The molecule has 1 aromatic carbocycles. The molecular weight excluding hydrogens is 298 g/mol. The van der Waals surface area contributed by atoms with Gasteiger partial charge < -0.3 is 15.6 Å². The third-order valence-corrected chi connectivity index (χ3v) is 5.07. The van der Waals surface area contributed by atoms with Crippen molar-refractivity contribution >= 4 is 22.5 Å². The maximum Gasteiger partial charge on any atom is 0.152 e. The standard InChI is InChI=1S/C19H23N5/c1-19(2)7-10-24(11-8-19)15-12-22-17(18(20)23-15)14-5-3-4-13-6-9-21-16(13)14/h3-6,9,12,21H,7-8,10-11H2,1-2H3,(H2,20,23). The van der Waals surface area contributed by atoms with Crippen LogP contribution in [0.3, 0.4) is 0 Å². The summed E-state index contributed by atoms with van der Waals surface area (Å²) in [5, 5.41) is 1.15. The molecular formula is C19H23N5. The number of hydrogen-bond acceptors (Lipinski definition) is 4. The molecule has 0 bridgehead atoms. The Morgan fingerprint density at radius 2 is 1.96 bits per heavy atom. The van der Waals surface area contributed by atoms with Gasteiger partial charge in [-0.15, -0.1) is 0 Å². The molecule has 0 atom stereocenters. The van der Waals surface area contributed by atoms with E-state index in [1.807, 2.05) is 30.6 Å². The molecule has 1 saturated heterocycles. The van der Waals surface area contributed by atoms with E-state index in [9.17, 15) is 0 Å². The van der Waals surface area contributed by atoms with Crippen molar-refractivity contribution in [2.75, 3.05) is 23.7 Å². The number of piperidine rings is 1. The Bertz CT molecular complexity index is 870. The van der Waals surface area contributed by atoms with Crippen molar-refractivity contribution in [1.82, 2.24) is 15.0 Å². The van der Waals surface area contributed by atoms with E-state index >= 15 is 0 Å². The first-order chi connectivity index (χ1) is 11.5. The predicted molar refractivity (Wildman–Crippen MR) is 99.0 cm³/mol. The van der Waals surface area contributed by atoms with E-state index < -0.39 is 0 Å². The highest BCUT2D eigenvalue weighted by Gasteiger charge is 2.26. The molecule has 3 N–H and O–H groups in total. The van der Waals surface area contributed by atoms with Gasteiger partial charge in [-0.25, -0.2) is 9.97 Å². The molecule has 3 aromatic rings. The van der Waals surface area contributed by atoms with E-state index in [1.54, 1.807) is 0 Å². The quantitative estimate of drug-likeness (QED) is 0.752. The lowest BCUT2D eigenvalue weighted by Crippen LogP contribution is -2.37. The zero-order valence-corrected chi connectivity index (χ0v) is 14.2. The molecule has 5 heteroatoms. The molecule has 124 valence electrons. The molecule has 2 aromatic heterocycles. The second kappa shape index (κ2) is 5.51. The maximum absolute atomic E-state index is 6.26. The minimum absolute atomic E-state index is 0.415. The molecule has 3 heterocycles. The van der Waals surface area contributed by atoms with Crippen LogP contribution in [0, 0.1) is 5.41 Å². The number of nitrogen functional groups attached to an aromatic ring is 1. The first-order valence-corrected chi connectivity index (χ1v) is 8.47. The average molecular weight is 321 g/mol. The van der Waals surface area contributed by atoms with Crippen molar-refractivity contribution in [2.45, 2.75) is 26.7 Å². The Morgan fingerprint density at radius 3 is 2.71 bits per heavy atom. The molecule has 0 unspecified atom stereocenters. The summed E-state index contributed by atoms with van der Waals surface area (Å²) in [5.74, 6) is 1.37. The van der Waals surface area contributed by atoms with Crippen molar-refractivity contribution < 1.29 is 0 Å². The first kappa shape index (κ1) is 15.0. The third kappa shape index (κ3) is 2.60. The summed E-state index contributed by atoms with van der Waals surface area (Å²) in [4.78, 5) is 14.8. The Kier molecular flexibility index (Phi) is 3.44. The van der Waals surface area contributed by atoms with Crippen molar-refractivity contribution in [1.29, 1.82) is 0 Å². The number of fused-ring (bicyclic) bond motifs is 1. The normalized spacial score (nSPS) is 17.3. The maximum atomic E-state index is 6.26. The lowest BCUT2D eigenvalue weighted by atomic mass is 9.83. The molecule has 0 aliphatic carbocycles. The van der Waals surface area contributed by atoms with Gasteiger partial charge in [0.05, 0.1) is 11.7 Å². The summed E-state index contributed by atoms with van der Waals surface area (Å²) in [7, 11) is 0. The highest BCUT2D eigenvalue weighted by atomic mass is 15.2. The fourth-order valence-corrected chi connectivity index (χ4v) is 3.38. The molecule has 1 aliphatic rings. The number of aromatic nitrogens is 3. The SMILES string of the molecule is CC1(C)CCN(c2cnc(-c3cccc4cc[nH]c34)c(N)n2)CC1. The summed E-state index contributed by atoms with van der Waals surface area (Å²) in [6.07, 6.45) is 6.11. The summed E-state index contributed by atoms with van der Waals surface area (Å²) in [6, 6.07) is 8.17. The van der Waals surface area contributed by atoms with Crippen LogP contribution in [0.5, 0.6) is 0 Å². The summed E-state index contributed by atoms with van der Waals surface area (Å²) >= 11 is 0. The minimum atomic E-state index is 0.415. The predicted octanol–water partition coefficient (Wildman–Crippen LogP) is 3.83. The van der Waals surface area contributed by atoms with Crippen LogP contribution < -0.4 is 10.6 Å². The second-order valence-electron chi connectivity index (χ2n) is 7.36. The van der Waals surface area contributed by atoms with Crippen LogP contribution in [0.25, 0.3) is 22.2 Å². The van der Waals surface area contributed by atoms with E-state index in [-0.39, 0.29) is 0 Å². The van der Waals surface area contributed by atoms with Crippen LogP contribution in [0.15, 0.2) is 36.7 Å². The molecule has 1 aliphatic heterocycles. The molecule has 1 fully saturated rings. The summed E-state index contributed by atoms with van der Waals surface area (Å²) < 4.78 is 0. The van der Waals surface area contributed by atoms with E-state index in [4.69, 9.17) is 5.73 Å². The van der Waals surface area contributed by atoms with Gasteiger partial charge in [-0.1, -0.05) is 32.0 Å². The molecule has 4 rings (SSSR count). The van der Waals surface area contributed by atoms with Gasteiger partial charge in [-0.3, -0.25) is 0 Å². The van der Waals surface area contributed by atoms with Gasteiger partial charge >= 0.3 is 0 Å². The number of anilines is 2. The lowest BCUT2D eigenvalue weighted by Gasteiger charge is -2.37. The van der Waals surface area contributed by atoms with Crippen LogP contribution in [-0.4, -0.2) is 28.0 Å². The van der Waals surface area contributed by atoms with Gasteiger partial charge in [0, 0.05) is 30.2 Å². The van der Waals surface area contributed by atoms with Crippen molar-refractivity contribution in [2.24, 2.45) is 5.41 Å². The smallest absolute Gasteiger partial charge is 0.152 e. The fourth-order valence-electron chi connectivity index (χ4n) is 3.38. The van der Waals surface area contributed by atoms with Crippen LogP contribution in [0.1, 0.15) is 26.7 Å². The van der Waals surface area contributed by atoms with Crippen molar-refractivity contribution in [3.05, 3.63) is 36.7 Å². The second-order valence-corrected chi connectivity index (χ2v) is 7.36. The average Bonchev–Trinajstić information content (AvgIpc) is 3.03. The molecule has 24 heavy (non-hydrogen) atoms. The largest absolute Gasteiger partial charge is 0.382 e. The van der Waals surface area contributed by atoms with Gasteiger partial charge in [-0.2, -0.15) is 0 Å². The number of nitrogens with zero attached hydrogens (tertiary/aromatic N) is 3. The lowest BCUT2D eigenvalue weighted by molar-refractivity contribution is 0.279. The minimum Gasteiger partial charge on any atom is -0.382 e. The van der Waals surface area contributed by atoms with E-state index in [0.717, 1.165) is 53.9 Å². The van der Waals surface area contributed by atoms with Crippen LogP contribution >= 0.6 is 0 Å². The van der Waals surface area contributed by atoms with Gasteiger partial charge in [0.2, 0.25) is 0 Å². The van der Waals surface area contributed by atoms with Crippen molar-refractivity contribution in [3.8, 4) is 11.3 Å². The number of hydrogen-bond donors (Lipinski definition) is 2. The van der Waals surface area contributed by atoms with Gasteiger partial charge in [0.1, 0.15) is 11.5 Å². The number of rotatable bonds is 2. The van der Waals surface area contributed by atoms with E-state index in [2.05, 4.69) is 39.8 Å². The summed E-state index contributed by atoms with van der Waals surface area (Å²) in [5.41, 5.74) is 9.46. The third-order valence-electron chi connectivity index (χ3n) is 5.07. The molecule has 0 amide bonds. The van der Waals surface area contributed by atoms with Gasteiger partial charge in [0.15, 0.2) is 5.82 Å². The fraction of sp³-hybridized carbons (Fsp3) is 0.368. The Labute approximate surface area is 141 Å². The highest BCUT2D eigenvalue weighted by molar-refractivity contribution is 5.95. The Hall–Kier alpha value is -2.56. The van der Waals surface area contributed by atoms with Gasteiger partial charge in [-0.05, 0) is 24.3 Å². The molecule has 0 saturated carbocycles. The van der Waals surface area contributed by atoms with Crippen LogP contribution in [-0.2, 0) is 0 Å². The van der Waals surface area contributed by atoms with Crippen LogP contribution in [0.4, 0.5) is 11.6 Å². The monoisotopic (exact) mass is 321 g/mol. The Balaban J connectivity index is 1.67. The number of aromatic amines is 1. The first-order valence-electron chi connectivity index (χ1n) is 8.47. The molecule has 5 nitrogen and oxygen atoms in total. The van der Waals surface area contributed by atoms with E-state index in [1.165, 1.54) is 0 Å². The number of para-hydroxylation sites is 1.